The van der Waals surface area contributed by atoms with Gasteiger partial charge in [0.15, 0.2) is 5.13 Å². The van der Waals surface area contributed by atoms with E-state index in [2.05, 4.69) is 20.3 Å². The Balaban J connectivity index is 1.58. The lowest BCUT2D eigenvalue weighted by Crippen LogP contribution is -2.11. The van der Waals surface area contributed by atoms with Crippen molar-refractivity contribution in [2.45, 2.75) is 32.6 Å². The highest BCUT2D eigenvalue weighted by atomic mass is 32.1. The molecule has 0 saturated carbocycles. The molecule has 4 rings (SSSR count). The van der Waals surface area contributed by atoms with Gasteiger partial charge in [-0.15, -0.1) is 11.3 Å². The second-order valence-corrected chi connectivity index (χ2v) is 6.69. The summed E-state index contributed by atoms with van der Waals surface area (Å²) in [6, 6.07) is 5.49. The van der Waals surface area contributed by atoms with Gasteiger partial charge in [-0.1, -0.05) is 0 Å². The molecule has 2 aromatic heterocycles. The summed E-state index contributed by atoms with van der Waals surface area (Å²) in [7, 11) is 0. The molecule has 2 N–H and O–H groups in total. The number of fused-ring (bicyclic) bond motifs is 2. The van der Waals surface area contributed by atoms with Crippen molar-refractivity contribution in [2.75, 3.05) is 5.32 Å². The Hall–Kier alpha value is -2.21. The Bertz CT molecular complexity index is 841. The number of imidazole rings is 1. The molecular formula is C16H16N4OS. The minimum atomic E-state index is -0.125. The Morgan fingerprint density at radius 1 is 1.27 bits per heavy atom. The van der Waals surface area contributed by atoms with Gasteiger partial charge in [0.1, 0.15) is 5.82 Å². The van der Waals surface area contributed by atoms with Crippen LogP contribution in [0.1, 0.15) is 39.6 Å². The number of carbonyl (C=O) groups is 1. The number of amides is 1. The van der Waals surface area contributed by atoms with Crippen molar-refractivity contribution in [1.29, 1.82) is 0 Å². The molecule has 0 saturated heterocycles. The predicted octanol–water partition coefficient (Wildman–Crippen LogP) is 3.46. The number of aryl methyl sites for hydroxylation is 3. The fourth-order valence-corrected chi connectivity index (χ4v) is 3.90. The number of hydrogen-bond donors (Lipinski definition) is 2. The molecule has 1 aliphatic carbocycles. The van der Waals surface area contributed by atoms with Gasteiger partial charge in [-0.2, -0.15) is 0 Å². The average molecular weight is 312 g/mol. The van der Waals surface area contributed by atoms with Gasteiger partial charge in [0, 0.05) is 10.4 Å². The largest absolute Gasteiger partial charge is 0.342 e. The number of H-pyrrole nitrogens is 1. The summed E-state index contributed by atoms with van der Waals surface area (Å²) < 4.78 is 0. The highest BCUT2D eigenvalue weighted by Crippen LogP contribution is 2.29. The molecule has 3 aromatic rings. The third-order valence-electron chi connectivity index (χ3n) is 3.93. The fourth-order valence-electron chi connectivity index (χ4n) is 2.85. The number of aromatic amines is 1. The third kappa shape index (κ3) is 2.39. The van der Waals surface area contributed by atoms with Gasteiger partial charge in [-0.25, -0.2) is 9.97 Å². The summed E-state index contributed by atoms with van der Waals surface area (Å²) in [6.07, 6.45) is 4.53. The number of hydrogen-bond acceptors (Lipinski definition) is 4. The van der Waals surface area contributed by atoms with Crippen LogP contribution in [0, 0.1) is 6.92 Å². The first-order valence-corrected chi connectivity index (χ1v) is 8.27. The SMILES string of the molecule is Cc1nc2ccc(C(=O)Nc3nc4c(s3)CCCC4)cc2[nH]1. The number of aromatic nitrogens is 3. The summed E-state index contributed by atoms with van der Waals surface area (Å²) in [5.74, 6) is 0.723. The van der Waals surface area contributed by atoms with Crippen LogP contribution in [0.15, 0.2) is 18.2 Å². The minimum absolute atomic E-state index is 0.125. The lowest BCUT2D eigenvalue weighted by atomic mass is 10.0. The van der Waals surface area contributed by atoms with E-state index >= 15 is 0 Å². The second kappa shape index (κ2) is 5.21. The topological polar surface area (TPSA) is 70.7 Å². The molecule has 1 amide bonds. The van der Waals surface area contributed by atoms with Gasteiger partial charge in [-0.05, 0) is 50.8 Å². The predicted molar refractivity (Wildman–Crippen MR) is 87.5 cm³/mol. The highest BCUT2D eigenvalue weighted by Gasteiger charge is 2.17. The molecule has 0 radical (unpaired) electrons. The van der Waals surface area contributed by atoms with Crippen LogP contribution in [0.3, 0.4) is 0 Å². The van der Waals surface area contributed by atoms with Crippen molar-refractivity contribution in [3.8, 4) is 0 Å². The van der Waals surface area contributed by atoms with Crippen molar-refractivity contribution in [3.63, 3.8) is 0 Å². The first-order valence-electron chi connectivity index (χ1n) is 7.45. The van der Waals surface area contributed by atoms with Gasteiger partial charge in [-0.3, -0.25) is 10.1 Å². The lowest BCUT2D eigenvalue weighted by Gasteiger charge is -2.06. The monoisotopic (exact) mass is 312 g/mol. The van der Waals surface area contributed by atoms with E-state index < -0.39 is 0 Å². The van der Waals surface area contributed by atoms with E-state index in [9.17, 15) is 4.79 Å². The van der Waals surface area contributed by atoms with Crippen molar-refractivity contribution in [1.82, 2.24) is 15.0 Å². The number of nitrogens with one attached hydrogen (secondary N) is 2. The molecule has 0 unspecified atom stereocenters. The molecule has 0 spiro atoms. The van der Waals surface area contributed by atoms with Gasteiger partial charge >= 0.3 is 0 Å². The molecule has 1 aliphatic rings. The Morgan fingerprint density at radius 2 is 2.14 bits per heavy atom. The van der Waals surface area contributed by atoms with E-state index in [-0.39, 0.29) is 5.91 Å². The minimum Gasteiger partial charge on any atom is -0.342 e. The normalized spacial score (nSPS) is 14.0. The highest BCUT2D eigenvalue weighted by molar-refractivity contribution is 7.15. The third-order valence-corrected chi connectivity index (χ3v) is 5.00. The molecule has 0 atom stereocenters. The van der Waals surface area contributed by atoms with E-state index in [1.165, 1.54) is 17.7 Å². The molecule has 0 aliphatic heterocycles. The molecule has 0 fully saturated rings. The molecular weight excluding hydrogens is 296 g/mol. The lowest BCUT2D eigenvalue weighted by molar-refractivity contribution is 0.102. The van der Waals surface area contributed by atoms with Crippen LogP contribution >= 0.6 is 11.3 Å². The zero-order chi connectivity index (χ0) is 15.1. The van der Waals surface area contributed by atoms with Crippen molar-refractivity contribution >= 4 is 33.4 Å². The molecule has 112 valence electrons. The van der Waals surface area contributed by atoms with E-state index in [0.717, 1.165) is 35.4 Å². The Morgan fingerprint density at radius 3 is 3.00 bits per heavy atom. The standard InChI is InChI=1S/C16H16N4OS/c1-9-17-11-7-6-10(8-13(11)18-9)15(21)20-16-19-12-4-2-3-5-14(12)22-16/h6-8H,2-5H2,1H3,(H,17,18)(H,19,20,21). The van der Waals surface area contributed by atoms with Crippen molar-refractivity contribution in [3.05, 3.63) is 40.2 Å². The number of carbonyl (C=O) groups excluding carboxylic acids is 1. The van der Waals surface area contributed by atoms with E-state index in [4.69, 9.17) is 0 Å². The Kier molecular flexibility index (Phi) is 3.18. The first kappa shape index (κ1) is 13.5. The summed E-state index contributed by atoms with van der Waals surface area (Å²) in [4.78, 5) is 25.8. The number of anilines is 1. The average Bonchev–Trinajstić information content (AvgIpc) is 3.07. The Labute approximate surface area is 131 Å². The smallest absolute Gasteiger partial charge is 0.257 e. The van der Waals surface area contributed by atoms with E-state index in [0.29, 0.717) is 10.7 Å². The van der Waals surface area contributed by atoms with Crippen LogP contribution in [0.2, 0.25) is 0 Å². The number of thiazole rings is 1. The first-order chi connectivity index (χ1) is 10.7. The van der Waals surface area contributed by atoms with Crippen LogP contribution in [0.25, 0.3) is 11.0 Å². The van der Waals surface area contributed by atoms with E-state index in [1.54, 1.807) is 17.4 Å². The number of rotatable bonds is 2. The van der Waals surface area contributed by atoms with Crippen molar-refractivity contribution in [2.24, 2.45) is 0 Å². The molecule has 6 heteroatoms. The zero-order valence-electron chi connectivity index (χ0n) is 12.3. The number of benzene rings is 1. The molecule has 22 heavy (non-hydrogen) atoms. The zero-order valence-corrected chi connectivity index (χ0v) is 13.1. The van der Waals surface area contributed by atoms with E-state index in [1.807, 2.05) is 19.1 Å². The summed E-state index contributed by atoms with van der Waals surface area (Å²) in [6.45, 7) is 1.90. The van der Waals surface area contributed by atoms with Crippen LogP contribution in [-0.4, -0.2) is 20.9 Å². The van der Waals surface area contributed by atoms with Gasteiger partial charge in [0.05, 0.1) is 16.7 Å². The van der Waals surface area contributed by atoms with Gasteiger partial charge in [0.2, 0.25) is 0 Å². The maximum atomic E-state index is 12.4. The van der Waals surface area contributed by atoms with Crippen LogP contribution in [-0.2, 0) is 12.8 Å². The summed E-state index contributed by atoms with van der Waals surface area (Å²) in [5.41, 5.74) is 3.53. The summed E-state index contributed by atoms with van der Waals surface area (Å²) in [5, 5.41) is 3.63. The maximum Gasteiger partial charge on any atom is 0.257 e. The second-order valence-electron chi connectivity index (χ2n) is 5.60. The number of nitrogens with zero attached hydrogens (tertiary/aromatic N) is 2. The quantitative estimate of drug-likeness (QED) is 0.761. The molecule has 0 bridgehead atoms. The van der Waals surface area contributed by atoms with Gasteiger partial charge in [0.25, 0.3) is 5.91 Å². The van der Waals surface area contributed by atoms with Gasteiger partial charge < -0.3 is 4.98 Å². The fraction of sp³-hybridized carbons (Fsp3) is 0.312. The molecule has 2 heterocycles. The molecule has 1 aromatic carbocycles. The van der Waals surface area contributed by atoms with Crippen LogP contribution in [0.4, 0.5) is 5.13 Å². The van der Waals surface area contributed by atoms with Crippen molar-refractivity contribution < 1.29 is 4.79 Å². The summed E-state index contributed by atoms with van der Waals surface area (Å²) >= 11 is 1.60. The van der Waals surface area contributed by atoms with Crippen LogP contribution in [0.5, 0.6) is 0 Å². The maximum absolute atomic E-state index is 12.4. The van der Waals surface area contributed by atoms with Crippen LogP contribution < -0.4 is 5.32 Å². The molecule has 5 nitrogen and oxygen atoms in total.